The Kier molecular flexibility index (Phi) is 12.3. The number of amides is 1. The number of phenolic OH excluding ortho intramolecular Hbond substituents is 1. The van der Waals surface area contributed by atoms with Gasteiger partial charge in [-0.25, -0.2) is 9.59 Å². The molecule has 0 spiro atoms. The van der Waals surface area contributed by atoms with Crippen molar-refractivity contribution in [2.24, 2.45) is 0 Å². The number of piperazine rings is 1. The van der Waals surface area contributed by atoms with E-state index in [4.69, 9.17) is 68.0 Å². The van der Waals surface area contributed by atoms with Crippen LogP contribution in [0.5, 0.6) is 28.7 Å². The van der Waals surface area contributed by atoms with Gasteiger partial charge in [0.05, 0.1) is 30.5 Å². The number of methoxy groups -OCH3 is 2. The van der Waals surface area contributed by atoms with Gasteiger partial charge in [-0.3, -0.25) is 9.80 Å². The maximum Gasteiger partial charge on any atom is 0.408 e. The first-order valence-corrected chi connectivity index (χ1v) is 18.6. The number of hydrogen-bond donors (Lipinski definition) is 2. The van der Waals surface area contributed by atoms with E-state index in [0.29, 0.717) is 46.1 Å². The molecule has 283 valence electrons. The first-order chi connectivity index (χ1) is 24.8. The van der Waals surface area contributed by atoms with Gasteiger partial charge in [0.25, 0.3) is 0 Å². The average molecular weight is 1030 g/mol. The Hall–Kier alpha value is -1.79. The van der Waals surface area contributed by atoms with Crippen LogP contribution in [0.15, 0.2) is 6.07 Å². The number of likely N-dealkylation sites (N-methyl/N-ethyl adjacent to an activating group) is 1. The fourth-order valence-electron chi connectivity index (χ4n) is 8.38. The second-order valence-corrected chi connectivity index (χ2v) is 16.9. The van der Waals surface area contributed by atoms with Gasteiger partial charge in [0, 0.05) is 91.3 Å². The number of thioether (sulfide) groups is 1. The van der Waals surface area contributed by atoms with Gasteiger partial charge >= 0.3 is 12.1 Å². The summed E-state index contributed by atoms with van der Waals surface area (Å²) in [5, 5.41) is 25.0. The number of aromatic hydroxyl groups is 1. The first kappa shape index (κ1) is 40.9. The predicted octanol–water partition coefficient (Wildman–Crippen LogP) is 4.75. The SMILES string of the molecule is COCOc1c(OC)c(C)cc2c1[C@@H]1C3[C@@H]4SC[C@@H](NC(=O)OCC(Cl)(Cl)Cl)C(=O)OC[C@@H](c5c6c(c(C)c(O)c54)OCO6)N3[C@@H](C#N)[C@H](C2)N1C.[Ac]. The smallest absolute Gasteiger partial charge is 0.408 e. The van der Waals surface area contributed by atoms with Gasteiger partial charge in [-0.15, -0.1) is 11.8 Å². The minimum absolute atomic E-state index is 0. The van der Waals surface area contributed by atoms with Gasteiger partial charge in [-0.05, 0) is 38.4 Å². The van der Waals surface area contributed by atoms with Gasteiger partial charge in [0.15, 0.2) is 29.8 Å². The number of esters is 1. The number of hydrogen-bond acceptors (Lipinski definition) is 14. The third kappa shape index (κ3) is 7.10. The Bertz CT molecular complexity index is 1850. The van der Waals surface area contributed by atoms with Crippen LogP contribution in [0.2, 0.25) is 0 Å². The van der Waals surface area contributed by atoms with Crippen molar-refractivity contribution >= 4 is 58.6 Å². The van der Waals surface area contributed by atoms with E-state index in [1.165, 1.54) is 11.8 Å². The molecular formula is C34H37AcCl3N4O10S. The van der Waals surface area contributed by atoms with Crippen molar-refractivity contribution in [1.29, 1.82) is 5.26 Å². The minimum atomic E-state index is -1.86. The Morgan fingerprint density at radius 1 is 1.15 bits per heavy atom. The molecule has 5 aliphatic rings. The Labute approximate surface area is 361 Å². The molecule has 2 saturated heterocycles. The van der Waals surface area contributed by atoms with Crippen LogP contribution in [0, 0.1) is 69.2 Å². The number of benzene rings is 2. The standard InChI is InChI=1S/C34H37Cl3N4O10S.Ac/c1-14-6-16-7-18-19(8-38)41-20-9-47-32(43)17(39-33(44)48-11-34(35,36)37)10-52-31(23-22(20)30-28(50-13-51-30)15(2)26(23)42)25(41)24(40(18)3)21(16)29(27(14)46-5)49-12-45-4;/h6,17-20,24-25,31,42H,7,9-13H2,1-5H3,(H,39,44);/t17-,18+,19+,20+,24-,25?,31-;/m1./s1. The molecule has 1 amide bonds. The van der Waals surface area contributed by atoms with Crippen molar-refractivity contribution in [2.75, 3.05) is 53.8 Å². The van der Waals surface area contributed by atoms with Crippen LogP contribution >= 0.6 is 46.6 Å². The largest absolute Gasteiger partial charge is 0.507 e. The van der Waals surface area contributed by atoms with E-state index in [2.05, 4.69) is 27.3 Å². The molecule has 5 heterocycles. The number of rotatable bonds is 6. The summed E-state index contributed by atoms with van der Waals surface area (Å²) in [5.74, 6) is 1.18. The number of nitrogens with one attached hydrogen (secondary N) is 1. The first-order valence-electron chi connectivity index (χ1n) is 16.4. The molecule has 4 bridgehead atoms. The zero-order valence-electron chi connectivity index (χ0n) is 29.4. The van der Waals surface area contributed by atoms with Gasteiger partial charge in [-0.2, -0.15) is 5.26 Å². The van der Waals surface area contributed by atoms with Crippen molar-refractivity contribution in [3.05, 3.63) is 39.4 Å². The number of halogens is 3. The molecule has 2 fully saturated rings. The molecular weight excluding hydrogens is 990 g/mol. The summed E-state index contributed by atoms with van der Waals surface area (Å²) < 4.78 is 38.6. The molecule has 2 aromatic rings. The summed E-state index contributed by atoms with van der Waals surface area (Å²) in [4.78, 5) is 30.8. The van der Waals surface area contributed by atoms with E-state index in [-0.39, 0.29) is 81.8 Å². The van der Waals surface area contributed by atoms with Crippen LogP contribution in [-0.2, 0) is 25.4 Å². The molecule has 1 radical (unpaired) electrons. The van der Waals surface area contributed by atoms with Crippen molar-refractivity contribution in [3.8, 4) is 34.8 Å². The van der Waals surface area contributed by atoms with Crippen LogP contribution in [0.25, 0.3) is 0 Å². The average Bonchev–Trinajstić information content (AvgIpc) is 3.59. The van der Waals surface area contributed by atoms with Gasteiger partial charge in [0.1, 0.15) is 31.0 Å². The van der Waals surface area contributed by atoms with Crippen molar-refractivity contribution in [2.45, 2.75) is 65.6 Å². The molecule has 1 unspecified atom stereocenters. The topological polar surface area (TPSA) is 161 Å². The maximum absolute atomic E-state index is 13.7. The summed E-state index contributed by atoms with van der Waals surface area (Å²) in [7, 11) is 5.11. The van der Waals surface area contributed by atoms with Crippen LogP contribution in [0.3, 0.4) is 0 Å². The number of nitriles is 1. The molecule has 7 atom stereocenters. The monoisotopic (exact) mass is 1030 g/mol. The van der Waals surface area contributed by atoms with Crippen LogP contribution in [0.1, 0.15) is 50.7 Å². The van der Waals surface area contributed by atoms with Crippen LogP contribution in [0.4, 0.5) is 4.79 Å². The predicted molar refractivity (Wildman–Crippen MR) is 190 cm³/mol. The number of cyclic esters (lactones) is 1. The molecule has 53 heavy (non-hydrogen) atoms. The number of phenols is 1. The Morgan fingerprint density at radius 2 is 1.89 bits per heavy atom. The van der Waals surface area contributed by atoms with E-state index < -0.39 is 57.9 Å². The third-order valence-corrected chi connectivity index (χ3v) is 12.1. The number of alkyl carbamates (subject to hydrolysis) is 1. The number of carbonyl (C=O) groups is 2. The number of fused-ring (bicyclic) bond motifs is 9. The zero-order valence-corrected chi connectivity index (χ0v) is 37.3. The number of ether oxygens (including phenoxy) is 7. The second-order valence-electron chi connectivity index (χ2n) is 13.2. The summed E-state index contributed by atoms with van der Waals surface area (Å²) >= 11 is 18.6. The van der Waals surface area contributed by atoms with Crippen LogP contribution < -0.4 is 24.3 Å². The number of carbonyl (C=O) groups excluding carboxylic acids is 2. The Morgan fingerprint density at radius 3 is 2.57 bits per heavy atom. The molecule has 2 aromatic carbocycles. The normalized spacial score (nSPS) is 27.2. The molecule has 5 aliphatic heterocycles. The molecule has 0 saturated carbocycles. The van der Waals surface area contributed by atoms with Gasteiger partial charge in [-0.1, -0.05) is 40.9 Å². The quantitative estimate of drug-likeness (QED) is 0.232. The maximum atomic E-state index is 13.7. The van der Waals surface area contributed by atoms with Crippen molar-refractivity contribution in [3.63, 3.8) is 0 Å². The summed E-state index contributed by atoms with van der Waals surface area (Å²) in [6, 6.07) is 0.820. The Balaban J connectivity index is 0.00000481. The van der Waals surface area contributed by atoms with Gasteiger partial charge in [0.2, 0.25) is 10.6 Å². The van der Waals surface area contributed by atoms with E-state index in [1.54, 1.807) is 21.1 Å². The van der Waals surface area contributed by atoms with Gasteiger partial charge < -0.3 is 43.6 Å². The molecule has 0 aromatic heterocycles. The number of nitrogens with zero attached hydrogens (tertiary/aromatic N) is 3. The fourth-order valence-corrected chi connectivity index (χ4v) is 10.1. The molecule has 0 aliphatic carbocycles. The van der Waals surface area contributed by atoms with E-state index >= 15 is 0 Å². The van der Waals surface area contributed by atoms with Crippen molar-refractivity contribution < 1.29 is 91.9 Å². The molecule has 7 rings (SSSR count). The zero-order chi connectivity index (χ0) is 37.2. The third-order valence-electron chi connectivity index (χ3n) is 10.4. The second kappa shape index (κ2) is 16.0. The van der Waals surface area contributed by atoms with E-state index in [1.807, 2.05) is 14.0 Å². The summed E-state index contributed by atoms with van der Waals surface area (Å²) in [6.45, 7) is 2.81. The number of alkyl halides is 3. The summed E-state index contributed by atoms with van der Waals surface area (Å²) in [5.41, 5.74) is 4.40. The van der Waals surface area contributed by atoms with Crippen molar-refractivity contribution in [1.82, 2.24) is 15.1 Å². The summed E-state index contributed by atoms with van der Waals surface area (Å²) in [6.07, 6.45) is -0.456. The van der Waals surface area contributed by atoms with Crippen LogP contribution in [-0.4, -0.2) is 109 Å². The molecule has 14 nitrogen and oxygen atoms in total. The molecule has 19 heteroatoms. The molecule has 2 N–H and O–H groups in total. The fraction of sp³-hybridized carbons (Fsp3) is 0.559. The van der Waals surface area contributed by atoms with E-state index in [9.17, 15) is 20.0 Å². The minimum Gasteiger partial charge on any atom is -0.507 e. The number of aryl methyl sites for hydroxylation is 1. The van der Waals surface area contributed by atoms with E-state index in [0.717, 1.165) is 16.7 Å².